The van der Waals surface area contributed by atoms with Crippen LogP contribution in [0.1, 0.15) is 48.6 Å². The summed E-state index contributed by atoms with van der Waals surface area (Å²) in [6.07, 6.45) is 5.56. The lowest BCUT2D eigenvalue weighted by Gasteiger charge is -2.18. The molecular weight excluding hydrogens is 367 g/mol. The van der Waals surface area contributed by atoms with Crippen molar-refractivity contribution in [1.82, 2.24) is 10.3 Å². The maximum Gasteiger partial charge on any atom is 0.199 e. The molecule has 0 saturated heterocycles. The third-order valence-electron chi connectivity index (χ3n) is 4.80. The Kier molecular flexibility index (Phi) is 6.14. The topological polar surface area (TPSA) is 59.1 Å². The molecule has 0 spiro atoms. The normalized spacial score (nSPS) is 14.7. The number of benzene rings is 1. The fourth-order valence-electron chi connectivity index (χ4n) is 3.25. The molecule has 1 N–H and O–H groups in total. The van der Waals surface area contributed by atoms with Gasteiger partial charge in [-0.1, -0.05) is 30.7 Å². The minimum atomic E-state index is -0.658. The van der Waals surface area contributed by atoms with E-state index in [9.17, 15) is 9.59 Å². The number of pyridine rings is 1. The van der Waals surface area contributed by atoms with Crippen molar-refractivity contribution in [2.45, 2.75) is 25.7 Å². The molecule has 1 aliphatic heterocycles. The minimum Gasteiger partial charge on any atom is -0.309 e. The van der Waals surface area contributed by atoms with E-state index in [1.165, 1.54) is 18.5 Å². The van der Waals surface area contributed by atoms with E-state index in [-0.39, 0.29) is 35.7 Å². The molecule has 27 heavy (non-hydrogen) atoms. The Morgan fingerprint density at radius 2 is 2.19 bits per heavy atom. The van der Waals surface area contributed by atoms with E-state index in [0.717, 1.165) is 5.57 Å². The van der Waals surface area contributed by atoms with Gasteiger partial charge in [-0.15, -0.1) is 0 Å². The largest absolute Gasteiger partial charge is 0.309 e. The zero-order chi connectivity index (χ0) is 19.4. The number of carbonyl (C=O) groups excluding carboxylic acids is 2. The van der Waals surface area contributed by atoms with E-state index in [2.05, 4.69) is 10.3 Å². The summed E-state index contributed by atoms with van der Waals surface area (Å²) in [6.45, 7) is 3.12. The zero-order valence-corrected chi connectivity index (χ0v) is 15.7. The highest BCUT2D eigenvalue weighted by atomic mass is 35.5. The minimum absolute atomic E-state index is 0. The van der Waals surface area contributed by atoms with Crippen molar-refractivity contribution in [1.29, 1.82) is 0 Å². The van der Waals surface area contributed by atoms with Crippen LogP contribution in [-0.2, 0) is 4.79 Å². The summed E-state index contributed by atoms with van der Waals surface area (Å²) in [7, 11) is 0. The number of Topliss-reactive ketones (excluding diaryl/α,β-unsaturated/α-hetero) is 1. The van der Waals surface area contributed by atoms with Gasteiger partial charge in [-0.25, -0.2) is 4.39 Å². The average Bonchev–Trinajstić information content (AvgIpc) is 3.22. The molecular formula is C21H22ClFN2O2. The number of rotatable bonds is 7. The molecule has 1 atom stereocenters. The van der Waals surface area contributed by atoms with Crippen molar-refractivity contribution in [2.24, 2.45) is 0 Å². The lowest BCUT2D eigenvalue weighted by atomic mass is 9.87. The van der Waals surface area contributed by atoms with Gasteiger partial charge in [-0.2, -0.15) is 0 Å². The van der Waals surface area contributed by atoms with Crippen molar-refractivity contribution in [3.8, 4) is 0 Å². The fraction of sp³-hybridized carbons (Fsp3) is 0.286. The molecule has 0 saturated carbocycles. The first kappa shape index (κ1) is 19.4. The first-order chi connectivity index (χ1) is 13.0. The maximum atomic E-state index is 15.3. The predicted molar refractivity (Wildman–Crippen MR) is 105 cm³/mol. The Balaban J connectivity index is 0.00000280. The van der Waals surface area contributed by atoms with Crippen LogP contribution in [0.4, 0.5) is 4.39 Å². The Morgan fingerprint density at radius 1 is 1.37 bits per heavy atom. The van der Waals surface area contributed by atoms with Crippen molar-refractivity contribution in [3.63, 3.8) is 0 Å². The lowest BCUT2D eigenvalue weighted by Crippen LogP contribution is -2.16. The van der Waals surface area contributed by atoms with Gasteiger partial charge in [0.15, 0.2) is 11.6 Å². The first-order valence-electron chi connectivity index (χ1n) is 8.88. The van der Waals surface area contributed by atoms with Crippen LogP contribution in [0, 0.1) is 5.82 Å². The molecule has 0 bridgehead atoms. The Bertz CT molecular complexity index is 903. The summed E-state index contributed by atoms with van der Waals surface area (Å²) < 4.78 is 15.3. The van der Waals surface area contributed by atoms with E-state index in [0.29, 0.717) is 25.1 Å². The van der Waals surface area contributed by atoms with E-state index in [1.807, 2.05) is 13.0 Å². The Hall–Kier alpha value is -2.37. The number of hydrogen-bond donors (Lipinski definition) is 1. The molecule has 6 heteroatoms. The second kappa shape index (κ2) is 8.55. The van der Waals surface area contributed by atoms with E-state index in [1.54, 1.807) is 18.2 Å². The van der Waals surface area contributed by atoms with E-state index in [4.69, 9.17) is 11.6 Å². The van der Waals surface area contributed by atoms with Gasteiger partial charge in [0.25, 0.3) is 0 Å². The number of nitrogens with one attached hydrogen (secondary N) is 1. The molecule has 0 aliphatic carbocycles. The number of aromatic nitrogens is 1. The van der Waals surface area contributed by atoms with Crippen LogP contribution < -0.4 is 5.32 Å². The molecule has 1 aromatic heterocycles. The molecule has 0 radical (unpaired) electrons. The summed E-state index contributed by atoms with van der Waals surface area (Å²) in [4.78, 5) is 29.1. The third-order valence-corrected chi connectivity index (χ3v) is 5.12. The number of hydrogen-bond acceptors (Lipinski definition) is 4. The van der Waals surface area contributed by atoms with E-state index < -0.39 is 11.6 Å². The highest BCUT2D eigenvalue weighted by molar-refractivity contribution is 6.35. The van der Waals surface area contributed by atoms with Crippen LogP contribution in [0.15, 0.2) is 48.3 Å². The zero-order valence-electron chi connectivity index (χ0n) is 15.0. The van der Waals surface area contributed by atoms with E-state index >= 15 is 4.39 Å². The molecule has 0 unspecified atom stereocenters. The second-order valence-corrected chi connectivity index (χ2v) is 6.90. The molecule has 3 rings (SSSR count). The van der Waals surface area contributed by atoms with Crippen molar-refractivity contribution < 1.29 is 15.4 Å². The van der Waals surface area contributed by atoms with Crippen molar-refractivity contribution in [2.75, 3.05) is 13.1 Å². The van der Waals surface area contributed by atoms with Gasteiger partial charge in [0, 0.05) is 44.5 Å². The molecule has 0 amide bonds. The van der Waals surface area contributed by atoms with Crippen LogP contribution in [0.5, 0.6) is 0 Å². The van der Waals surface area contributed by atoms with Gasteiger partial charge in [0.1, 0.15) is 5.82 Å². The van der Waals surface area contributed by atoms with Crippen molar-refractivity contribution >= 4 is 23.2 Å². The Labute approximate surface area is 163 Å². The molecule has 0 fully saturated rings. The molecule has 2 heterocycles. The summed E-state index contributed by atoms with van der Waals surface area (Å²) >= 11 is 6.14. The van der Waals surface area contributed by atoms with Crippen molar-refractivity contribution in [3.05, 3.63) is 75.8 Å². The highest BCUT2D eigenvalue weighted by Crippen LogP contribution is 2.33. The van der Waals surface area contributed by atoms with Crippen LogP contribution in [0.3, 0.4) is 0 Å². The van der Waals surface area contributed by atoms with Gasteiger partial charge in [-0.3, -0.25) is 14.6 Å². The second-order valence-electron chi connectivity index (χ2n) is 6.49. The third kappa shape index (κ3) is 4.15. The summed E-state index contributed by atoms with van der Waals surface area (Å²) in [5.74, 6) is -1.50. The highest BCUT2D eigenvalue weighted by Gasteiger charge is 2.26. The van der Waals surface area contributed by atoms with Gasteiger partial charge in [-0.05, 0) is 36.1 Å². The molecule has 142 valence electrons. The SMILES string of the molecule is CC[C@@H](CC(=O)C1=CCNC1)c1ccc(Cl)c(C(=O)c2cccnc2)c1F.[HH]. The molecule has 1 aliphatic rings. The monoisotopic (exact) mass is 388 g/mol. The number of ketones is 2. The van der Waals surface area contributed by atoms with Crippen LogP contribution in [-0.4, -0.2) is 29.6 Å². The fourth-order valence-corrected chi connectivity index (χ4v) is 3.48. The molecule has 2 aromatic rings. The van der Waals surface area contributed by atoms with Crippen LogP contribution in [0.25, 0.3) is 0 Å². The first-order valence-corrected chi connectivity index (χ1v) is 9.26. The average molecular weight is 389 g/mol. The molecule has 4 nitrogen and oxygen atoms in total. The molecule has 1 aromatic carbocycles. The number of carbonyl (C=O) groups is 2. The summed E-state index contributed by atoms with van der Waals surface area (Å²) in [5, 5.41) is 3.14. The Morgan fingerprint density at radius 3 is 2.81 bits per heavy atom. The van der Waals surface area contributed by atoms with Gasteiger partial charge in [0.05, 0.1) is 10.6 Å². The predicted octanol–water partition coefficient (Wildman–Crippen LogP) is 4.33. The quantitative estimate of drug-likeness (QED) is 0.717. The van der Waals surface area contributed by atoms with Gasteiger partial charge >= 0.3 is 0 Å². The number of halogens is 2. The number of nitrogens with zero attached hydrogens (tertiary/aromatic N) is 1. The standard InChI is InChI=1S/C21H20ClFN2O2.H2/c1-2-13(10-18(26)14-7-9-25-11-14)16-5-6-17(22)19(20(16)23)21(27)15-4-3-8-24-12-15;/h3-8,12-13,25H,2,9-11H2,1H3;1H/t13-;/m0./s1. The van der Waals surface area contributed by atoms with Gasteiger partial charge < -0.3 is 5.32 Å². The van der Waals surface area contributed by atoms with Gasteiger partial charge in [0.2, 0.25) is 0 Å². The lowest BCUT2D eigenvalue weighted by molar-refractivity contribution is -0.115. The summed E-state index contributed by atoms with van der Waals surface area (Å²) in [6, 6.07) is 6.27. The smallest absolute Gasteiger partial charge is 0.199 e. The van der Waals surface area contributed by atoms with Crippen LogP contribution in [0.2, 0.25) is 5.02 Å². The summed E-state index contributed by atoms with van der Waals surface area (Å²) in [5.41, 5.74) is 1.17. The maximum absolute atomic E-state index is 15.3. The van der Waals surface area contributed by atoms with Crippen LogP contribution >= 0.6 is 11.6 Å².